The van der Waals surface area contributed by atoms with E-state index in [2.05, 4.69) is 15.3 Å². The van der Waals surface area contributed by atoms with Gasteiger partial charge in [-0.2, -0.15) is 0 Å². The van der Waals surface area contributed by atoms with E-state index in [-0.39, 0.29) is 0 Å². The summed E-state index contributed by atoms with van der Waals surface area (Å²) >= 11 is 0. The Morgan fingerprint density at radius 2 is 2.07 bits per heavy atom. The van der Waals surface area contributed by atoms with E-state index in [1.807, 2.05) is 25.1 Å². The zero-order valence-corrected chi connectivity index (χ0v) is 8.86. The Hall–Kier alpha value is -1.84. The number of para-hydroxylation sites is 1. The van der Waals surface area contributed by atoms with Gasteiger partial charge in [0.15, 0.2) is 0 Å². The van der Waals surface area contributed by atoms with Crippen LogP contribution < -0.4 is 5.32 Å². The third-order valence-corrected chi connectivity index (χ3v) is 1.82. The Bertz CT molecular complexity index is 347. The van der Waals surface area contributed by atoms with Crippen molar-refractivity contribution in [1.82, 2.24) is 0 Å². The lowest BCUT2D eigenvalue weighted by Gasteiger charge is -2.02. The molecule has 0 saturated carbocycles. The Morgan fingerprint density at radius 3 is 2.67 bits per heavy atom. The third kappa shape index (κ3) is 4.26. The van der Waals surface area contributed by atoms with Gasteiger partial charge < -0.3 is 0 Å². The summed E-state index contributed by atoms with van der Waals surface area (Å²) in [5.41, 5.74) is 1.46. The maximum atomic E-state index is 11.2. The second-order valence-electron chi connectivity index (χ2n) is 3.05. The molecular formula is C11H14N2O2. The first-order valence-electron chi connectivity index (χ1n) is 4.79. The highest BCUT2D eigenvalue weighted by atomic mass is 16.7. The van der Waals surface area contributed by atoms with Crippen molar-refractivity contribution < 1.29 is 9.63 Å². The van der Waals surface area contributed by atoms with Gasteiger partial charge in [0.2, 0.25) is 0 Å². The predicted octanol–water partition coefficient (Wildman–Crippen LogP) is 3.02. The van der Waals surface area contributed by atoms with Crippen LogP contribution in [0.25, 0.3) is 0 Å². The molecule has 0 saturated heterocycles. The summed E-state index contributed by atoms with van der Waals surface area (Å²) in [6.07, 6.45) is 0.188. The maximum absolute atomic E-state index is 11.2. The first-order valence-corrected chi connectivity index (χ1v) is 4.79. The minimum atomic E-state index is -0.575. The van der Waals surface area contributed by atoms with Gasteiger partial charge in [0.1, 0.15) is 0 Å². The summed E-state index contributed by atoms with van der Waals surface area (Å²) in [7, 11) is 0. The predicted molar refractivity (Wildman–Crippen MR) is 59.9 cm³/mol. The van der Waals surface area contributed by atoms with Crippen molar-refractivity contribution in [3.8, 4) is 0 Å². The standard InChI is InChI=1S/C11H14N2O2/c1-3-9(2)13-15-11(14)12-10-7-5-4-6-8-10/h4-8H,3H2,1-2H3,(H,12,14). The molecule has 0 spiro atoms. The number of hydrogen-bond acceptors (Lipinski definition) is 3. The molecule has 15 heavy (non-hydrogen) atoms. The number of carbonyl (C=O) groups is 1. The average Bonchev–Trinajstić information content (AvgIpc) is 2.27. The van der Waals surface area contributed by atoms with Gasteiger partial charge in [0.25, 0.3) is 0 Å². The minimum Gasteiger partial charge on any atom is -0.298 e. The molecule has 0 aliphatic carbocycles. The zero-order valence-electron chi connectivity index (χ0n) is 8.86. The van der Waals surface area contributed by atoms with Crippen LogP contribution in [0.5, 0.6) is 0 Å². The molecular weight excluding hydrogens is 192 g/mol. The molecule has 0 aromatic heterocycles. The van der Waals surface area contributed by atoms with E-state index in [0.717, 1.165) is 12.1 Å². The lowest BCUT2D eigenvalue weighted by Crippen LogP contribution is -2.11. The molecule has 0 aliphatic heterocycles. The Kier molecular flexibility index (Phi) is 4.34. The fourth-order valence-electron chi connectivity index (χ4n) is 0.846. The lowest BCUT2D eigenvalue weighted by molar-refractivity contribution is 0.166. The fourth-order valence-corrected chi connectivity index (χ4v) is 0.846. The van der Waals surface area contributed by atoms with Crippen LogP contribution in [0.1, 0.15) is 20.3 Å². The van der Waals surface area contributed by atoms with Crippen LogP contribution in [0.2, 0.25) is 0 Å². The molecule has 1 aromatic carbocycles. The number of hydrogen-bond donors (Lipinski definition) is 1. The number of benzene rings is 1. The van der Waals surface area contributed by atoms with Crippen LogP contribution in [-0.2, 0) is 4.84 Å². The Balaban J connectivity index is 2.44. The van der Waals surface area contributed by atoms with Crippen molar-refractivity contribution in [2.24, 2.45) is 5.16 Å². The Labute approximate surface area is 88.9 Å². The molecule has 1 aromatic rings. The van der Waals surface area contributed by atoms with Gasteiger partial charge >= 0.3 is 6.09 Å². The number of rotatable bonds is 3. The SMILES string of the molecule is CCC(C)=NOC(=O)Nc1ccccc1. The minimum absolute atomic E-state index is 0.575. The molecule has 0 atom stereocenters. The number of amides is 1. The van der Waals surface area contributed by atoms with E-state index in [1.165, 1.54) is 0 Å². The third-order valence-electron chi connectivity index (χ3n) is 1.82. The molecule has 4 nitrogen and oxygen atoms in total. The van der Waals surface area contributed by atoms with E-state index in [9.17, 15) is 4.79 Å². The van der Waals surface area contributed by atoms with Crippen molar-refractivity contribution in [3.63, 3.8) is 0 Å². The van der Waals surface area contributed by atoms with Crippen LogP contribution in [0.3, 0.4) is 0 Å². The summed E-state index contributed by atoms with van der Waals surface area (Å²) in [5, 5.41) is 6.20. The number of carbonyl (C=O) groups excluding carboxylic acids is 1. The first kappa shape index (κ1) is 11.2. The van der Waals surface area contributed by atoms with Gasteiger partial charge in [0.05, 0.1) is 5.71 Å². The van der Waals surface area contributed by atoms with E-state index in [1.54, 1.807) is 19.1 Å². The van der Waals surface area contributed by atoms with Crippen molar-refractivity contribution >= 4 is 17.5 Å². The van der Waals surface area contributed by atoms with Gasteiger partial charge in [-0.15, -0.1) is 0 Å². The lowest BCUT2D eigenvalue weighted by atomic mass is 10.3. The molecule has 0 radical (unpaired) electrons. The van der Waals surface area contributed by atoms with Crippen molar-refractivity contribution in [2.45, 2.75) is 20.3 Å². The smallest absolute Gasteiger partial charge is 0.298 e. The molecule has 1 rings (SSSR count). The van der Waals surface area contributed by atoms with E-state index >= 15 is 0 Å². The fraction of sp³-hybridized carbons (Fsp3) is 0.273. The second kappa shape index (κ2) is 5.80. The summed E-state index contributed by atoms with van der Waals surface area (Å²) in [5.74, 6) is 0. The summed E-state index contributed by atoms with van der Waals surface area (Å²) in [6.45, 7) is 3.74. The molecule has 0 bridgehead atoms. The van der Waals surface area contributed by atoms with Crippen molar-refractivity contribution in [1.29, 1.82) is 0 Å². The monoisotopic (exact) mass is 206 g/mol. The molecule has 1 N–H and O–H groups in total. The Morgan fingerprint density at radius 1 is 1.40 bits per heavy atom. The molecule has 0 aliphatic rings. The van der Waals surface area contributed by atoms with Gasteiger partial charge in [-0.1, -0.05) is 30.3 Å². The van der Waals surface area contributed by atoms with Crippen LogP contribution >= 0.6 is 0 Å². The molecule has 1 amide bonds. The molecule has 0 fully saturated rings. The summed E-state index contributed by atoms with van der Waals surface area (Å²) in [4.78, 5) is 15.8. The summed E-state index contributed by atoms with van der Waals surface area (Å²) in [6, 6.07) is 9.08. The van der Waals surface area contributed by atoms with E-state index in [4.69, 9.17) is 0 Å². The van der Waals surface area contributed by atoms with Crippen LogP contribution in [0, 0.1) is 0 Å². The van der Waals surface area contributed by atoms with Crippen LogP contribution in [-0.4, -0.2) is 11.8 Å². The van der Waals surface area contributed by atoms with Gasteiger partial charge in [-0.3, -0.25) is 10.2 Å². The number of nitrogens with one attached hydrogen (secondary N) is 1. The maximum Gasteiger partial charge on any atom is 0.437 e. The van der Waals surface area contributed by atoms with E-state index < -0.39 is 6.09 Å². The number of oxime groups is 1. The van der Waals surface area contributed by atoms with Gasteiger partial charge in [0, 0.05) is 5.69 Å². The highest BCUT2D eigenvalue weighted by molar-refractivity contribution is 5.86. The quantitative estimate of drug-likeness (QED) is 0.469. The topological polar surface area (TPSA) is 50.7 Å². The molecule has 0 unspecified atom stereocenters. The molecule has 4 heteroatoms. The van der Waals surface area contributed by atoms with Gasteiger partial charge in [-0.05, 0) is 25.5 Å². The zero-order chi connectivity index (χ0) is 11.1. The highest BCUT2D eigenvalue weighted by Gasteiger charge is 2.01. The van der Waals surface area contributed by atoms with Crippen molar-refractivity contribution in [2.75, 3.05) is 5.32 Å². The largest absolute Gasteiger partial charge is 0.437 e. The van der Waals surface area contributed by atoms with Crippen molar-refractivity contribution in [3.05, 3.63) is 30.3 Å². The van der Waals surface area contributed by atoms with Gasteiger partial charge in [-0.25, -0.2) is 4.79 Å². The number of anilines is 1. The molecule has 80 valence electrons. The average molecular weight is 206 g/mol. The number of nitrogens with zero attached hydrogens (tertiary/aromatic N) is 1. The van der Waals surface area contributed by atoms with E-state index in [0.29, 0.717) is 5.69 Å². The first-order chi connectivity index (χ1) is 7.22. The van der Waals surface area contributed by atoms with Crippen LogP contribution in [0.15, 0.2) is 35.5 Å². The molecule has 0 heterocycles. The van der Waals surface area contributed by atoms with Crippen LogP contribution in [0.4, 0.5) is 10.5 Å². The normalized spacial score (nSPS) is 10.9. The second-order valence-corrected chi connectivity index (χ2v) is 3.05. The highest BCUT2D eigenvalue weighted by Crippen LogP contribution is 2.05. The summed E-state index contributed by atoms with van der Waals surface area (Å²) < 4.78 is 0.